The molecule has 0 fully saturated rings. The molecule has 0 aliphatic heterocycles. The van der Waals surface area contributed by atoms with Crippen LogP contribution >= 0.6 is 23.2 Å². The molecule has 0 atom stereocenters. The van der Waals surface area contributed by atoms with Crippen LogP contribution in [-0.2, 0) is 6.54 Å². The lowest BCUT2D eigenvalue weighted by Crippen LogP contribution is -2.44. The molecule has 0 saturated carbocycles. The molecule has 1 nitrogen and oxygen atoms in total. The van der Waals surface area contributed by atoms with E-state index in [-0.39, 0.29) is 0 Å². The van der Waals surface area contributed by atoms with Crippen LogP contribution < -0.4 is 0 Å². The van der Waals surface area contributed by atoms with Crippen LogP contribution in [0.1, 0.15) is 19.4 Å². The smallest absolute Gasteiger partial charge is 0.104 e. The maximum atomic E-state index is 5.97. The zero-order chi connectivity index (χ0) is 11.6. The van der Waals surface area contributed by atoms with Gasteiger partial charge in [-0.15, -0.1) is 0 Å². The van der Waals surface area contributed by atoms with Gasteiger partial charge in [-0.2, -0.15) is 0 Å². The first-order chi connectivity index (χ1) is 6.81. The van der Waals surface area contributed by atoms with Crippen molar-refractivity contribution in [3.8, 4) is 0 Å². The topological polar surface area (TPSA) is 0 Å². The molecule has 3 heteroatoms. The second kappa shape index (κ2) is 4.73. The lowest BCUT2D eigenvalue weighted by atomic mass is 10.1. The number of quaternary nitrogens is 1. The van der Waals surface area contributed by atoms with Gasteiger partial charge >= 0.3 is 0 Å². The van der Waals surface area contributed by atoms with Crippen molar-refractivity contribution in [2.45, 2.75) is 26.4 Å². The van der Waals surface area contributed by atoms with Crippen LogP contribution in [0.5, 0.6) is 0 Å². The summed E-state index contributed by atoms with van der Waals surface area (Å²) < 4.78 is 0.927. The van der Waals surface area contributed by atoms with Crippen molar-refractivity contribution in [2.75, 3.05) is 14.1 Å². The van der Waals surface area contributed by atoms with Crippen molar-refractivity contribution in [3.05, 3.63) is 33.8 Å². The summed E-state index contributed by atoms with van der Waals surface area (Å²) in [5, 5.41) is 1.42. The van der Waals surface area contributed by atoms with Gasteiger partial charge in [0.2, 0.25) is 0 Å². The molecule has 0 aliphatic carbocycles. The van der Waals surface area contributed by atoms with E-state index in [0.717, 1.165) is 11.0 Å². The van der Waals surface area contributed by atoms with E-state index < -0.39 is 0 Å². The highest BCUT2D eigenvalue weighted by Gasteiger charge is 2.20. The van der Waals surface area contributed by atoms with E-state index in [1.807, 2.05) is 12.1 Å². The van der Waals surface area contributed by atoms with Crippen molar-refractivity contribution < 1.29 is 4.48 Å². The molecule has 0 unspecified atom stereocenters. The molecule has 0 aliphatic rings. The first kappa shape index (κ1) is 12.8. The Morgan fingerprint density at radius 1 is 1.07 bits per heavy atom. The summed E-state index contributed by atoms with van der Waals surface area (Å²) in [5.74, 6) is 0. The Morgan fingerprint density at radius 2 is 1.53 bits per heavy atom. The molecule has 0 bridgehead atoms. The molecular formula is C12H18Cl2N+. The van der Waals surface area contributed by atoms with Crippen molar-refractivity contribution in [3.63, 3.8) is 0 Å². The largest absolute Gasteiger partial charge is 0.323 e. The summed E-state index contributed by atoms with van der Waals surface area (Å²) >= 11 is 11.9. The maximum Gasteiger partial charge on any atom is 0.104 e. The van der Waals surface area contributed by atoms with Crippen LogP contribution in [0.3, 0.4) is 0 Å². The Morgan fingerprint density at radius 3 is 1.93 bits per heavy atom. The minimum atomic E-state index is 0.572. The average molecular weight is 247 g/mol. The first-order valence-corrected chi connectivity index (χ1v) is 5.84. The fourth-order valence-electron chi connectivity index (χ4n) is 1.36. The third-order valence-corrected chi connectivity index (χ3v) is 3.35. The highest BCUT2D eigenvalue weighted by Crippen LogP contribution is 2.22. The van der Waals surface area contributed by atoms with E-state index in [0.29, 0.717) is 16.1 Å². The Balaban J connectivity index is 2.89. The lowest BCUT2D eigenvalue weighted by molar-refractivity contribution is -0.924. The van der Waals surface area contributed by atoms with Crippen LogP contribution in [0, 0.1) is 0 Å². The molecular weight excluding hydrogens is 229 g/mol. The van der Waals surface area contributed by atoms with E-state index in [1.54, 1.807) is 6.07 Å². The standard InChI is InChI=1S/C12H18Cl2N/c1-9(2)15(3,4)8-10-5-11(13)7-12(14)6-10/h5-7,9H,8H2,1-4H3/q+1. The van der Waals surface area contributed by atoms with Crippen LogP contribution in [-0.4, -0.2) is 24.6 Å². The van der Waals surface area contributed by atoms with Crippen LogP contribution in [0.4, 0.5) is 0 Å². The van der Waals surface area contributed by atoms with Gasteiger partial charge in [0.25, 0.3) is 0 Å². The predicted octanol–water partition coefficient (Wildman–Crippen LogP) is 3.98. The third-order valence-electron chi connectivity index (χ3n) is 2.91. The molecule has 0 saturated heterocycles. The summed E-state index contributed by atoms with van der Waals surface area (Å²) in [4.78, 5) is 0. The lowest BCUT2D eigenvalue weighted by Gasteiger charge is -2.34. The van der Waals surface area contributed by atoms with E-state index in [4.69, 9.17) is 23.2 Å². The van der Waals surface area contributed by atoms with Crippen LogP contribution in [0.25, 0.3) is 0 Å². The normalized spacial score (nSPS) is 12.2. The summed E-state index contributed by atoms with van der Waals surface area (Å²) in [6.07, 6.45) is 0. The Hall–Kier alpha value is -0.240. The number of rotatable bonds is 3. The van der Waals surface area contributed by atoms with Gasteiger partial charge in [0.1, 0.15) is 6.54 Å². The molecule has 1 aromatic carbocycles. The summed E-state index contributed by atoms with van der Waals surface area (Å²) in [6, 6.07) is 6.30. The van der Waals surface area contributed by atoms with Crippen molar-refractivity contribution in [1.29, 1.82) is 0 Å². The minimum Gasteiger partial charge on any atom is -0.323 e. The Kier molecular flexibility index (Phi) is 4.05. The average Bonchev–Trinajstić information content (AvgIpc) is 1.99. The summed E-state index contributed by atoms with van der Waals surface area (Å²) in [6.45, 7) is 5.37. The molecule has 0 N–H and O–H groups in total. The van der Waals surface area contributed by atoms with E-state index in [9.17, 15) is 0 Å². The number of hydrogen-bond donors (Lipinski definition) is 0. The van der Waals surface area contributed by atoms with Crippen molar-refractivity contribution in [2.24, 2.45) is 0 Å². The van der Waals surface area contributed by atoms with Gasteiger partial charge < -0.3 is 4.48 Å². The SMILES string of the molecule is CC(C)[N+](C)(C)Cc1cc(Cl)cc(Cl)c1. The number of hydrogen-bond acceptors (Lipinski definition) is 0. The summed E-state index contributed by atoms with van der Waals surface area (Å²) in [5.41, 5.74) is 1.19. The molecule has 0 spiro atoms. The van der Waals surface area contributed by atoms with Gasteiger partial charge in [0, 0.05) is 15.6 Å². The monoisotopic (exact) mass is 246 g/mol. The molecule has 15 heavy (non-hydrogen) atoms. The quantitative estimate of drug-likeness (QED) is 0.709. The molecule has 1 aromatic rings. The van der Waals surface area contributed by atoms with Crippen LogP contribution in [0.15, 0.2) is 18.2 Å². The maximum absolute atomic E-state index is 5.97. The molecule has 1 rings (SSSR count). The third kappa shape index (κ3) is 3.67. The van der Waals surface area contributed by atoms with E-state index in [2.05, 4.69) is 27.9 Å². The van der Waals surface area contributed by atoms with E-state index in [1.165, 1.54) is 5.56 Å². The fraction of sp³-hybridized carbons (Fsp3) is 0.500. The molecule has 0 heterocycles. The number of nitrogens with zero attached hydrogens (tertiary/aromatic N) is 1. The number of benzene rings is 1. The van der Waals surface area contributed by atoms with Crippen molar-refractivity contribution >= 4 is 23.2 Å². The Labute approximate surface area is 102 Å². The molecule has 84 valence electrons. The first-order valence-electron chi connectivity index (χ1n) is 5.09. The van der Waals surface area contributed by atoms with Gasteiger partial charge in [0.15, 0.2) is 0 Å². The van der Waals surface area contributed by atoms with Gasteiger partial charge in [0.05, 0.1) is 20.1 Å². The van der Waals surface area contributed by atoms with Gasteiger partial charge in [-0.3, -0.25) is 0 Å². The Bertz CT molecular complexity index is 325. The van der Waals surface area contributed by atoms with Crippen LogP contribution in [0.2, 0.25) is 10.0 Å². The van der Waals surface area contributed by atoms with Gasteiger partial charge in [-0.25, -0.2) is 0 Å². The minimum absolute atomic E-state index is 0.572. The molecule has 0 aromatic heterocycles. The fourth-order valence-corrected chi connectivity index (χ4v) is 1.93. The highest BCUT2D eigenvalue weighted by atomic mass is 35.5. The highest BCUT2D eigenvalue weighted by molar-refractivity contribution is 6.34. The zero-order valence-electron chi connectivity index (χ0n) is 9.72. The summed E-state index contributed by atoms with van der Waals surface area (Å²) in [7, 11) is 4.42. The van der Waals surface area contributed by atoms with E-state index >= 15 is 0 Å². The van der Waals surface area contributed by atoms with Gasteiger partial charge in [-0.05, 0) is 32.0 Å². The zero-order valence-corrected chi connectivity index (χ0v) is 11.2. The number of halogens is 2. The second-order valence-corrected chi connectivity index (χ2v) is 5.68. The predicted molar refractivity (Wildman–Crippen MR) is 67.4 cm³/mol. The second-order valence-electron chi connectivity index (χ2n) is 4.81. The molecule has 0 radical (unpaired) electrons. The molecule has 0 amide bonds. The van der Waals surface area contributed by atoms with Gasteiger partial charge in [-0.1, -0.05) is 23.2 Å². The van der Waals surface area contributed by atoms with Crippen molar-refractivity contribution in [1.82, 2.24) is 0 Å².